The van der Waals surface area contributed by atoms with Gasteiger partial charge in [-0.05, 0) is 50.7 Å². The van der Waals surface area contributed by atoms with E-state index in [0.717, 1.165) is 63.2 Å². The predicted octanol–water partition coefficient (Wildman–Crippen LogP) is 2.55. The Bertz CT molecular complexity index is 589. The van der Waals surface area contributed by atoms with Gasteiger partial charge in [-0.3, -0.25) is 9.69 Å². The van der Waals surface area contributed by atoms with Crippen molar-refractivity contribution in [2.24, 2.45) is 5.92 Å². The van der Waals surface area contributed by atoms with Gasteiger partial charge in [0.25, 0.3) is 0 Å². The number of ether oxygens (including phenoxy) is 1. The maximum atomic E-state index is 12.5. The van der Waals surface area contributed by atoms with E-state index in [1.807, 2.05) is 29.2 Å². The smallest absolute Gasteiger partial charge is 0.222 e. The molecule has 0 bridgehead atoms. The van der Waals surface area contributed by atoms with Crippen LogP contribution in [0.2, 0.25) is 0 Å². The minimum Gasteiger partial charge on any atom is -0.399 e. The van der Waals surface area contributed by atoms with Crippen LogP contribution in [0.25, 0.3) is 0 Å². The monoisotopic (exact) mass is 359 g/mol. The molecule has 0 radical (unpaired) electrons. The van der Waals surface area contributed by atoms with Gasteiger partial charge >= 0.3 is 0 Å². The van der Waals surface area contributed by atoms with Gasteiger partial charge < -0.3 is 15.4 Å². The maximum absolute atomic E-state index is 12.5. The Kier molecular flexibility index (Phi) is 6.54. The van der Waals surface area contributed by atoms with Gasteiger partial charge in [0.15, 0.2) is 0 Å². The van der Waals surface area contributed by atoms with Gasteiger partial charge in [0.05, 0.1) is 12.2 Å². The van der Waals surface area contributed by atoms with Crippen LogP contribution in [-0.2, 0) is 16.0 Å². The molecule has 1 aromatic rings. The topological polar surface area (TPSA) is 58.8 Å². The lowest BCUT2D eigenvalue weighted by Crippen LogP contribution is -2.48. The molecule has 2 heterocycles. The van der Waals surface area contributed by atoms with Crippen molar-refractivity contribution in [1.82, 2.24) is 9.80 Å². The largest absolute Gasteiger partial charge is 0.399 e. The molecule has 5 nitrogen and oxygen atoms in total. The van der Waals surface area contributed by atoms with Gasteiger partial charge in [0.1, 0.15) is 0 Å². The minimum atomic E-state index is 0.264. The Hall–Kier alpha value is -1.59. The fraction of sp³-hybridized carbons (Fsp3) is 0.667. The zero-order valence-electron chi connectivity index (χ0n) is 16.2. The Morgan fingerprint density at radius 1 is 1.15 bits per heavy atom. The van der Waals surface area contributed by atoms with E-state index in [4.69, 9.17) is 10.5 Å². The molecule has 2 saturated heterocycles. The van der Waals surface area contributed by atoms with E-state index < -0.39 is 0 Å². The van der Waals surface area contributed by atoms with Crippen LogP contribution in [0.4, 0.5) is 5.69 Å². The molecule has 1 aromatic carbocycles. The van der Waals surface area contributed by atoms with Crippen molar-refractivity contribution < 1.29 is 9.53 Å². The fourth-order valence-electron chi connectivity index (χ4n) is 4.33. The molecular weight excluding hydrogens is 326 g/mol. The Balaban J connectivity index is 1.40. The Morgan fingerprint density at radius 2 is 1.81 bits per heavy atom. The molecule has 2 fully saturated rings. The summed E-state index contributed by atoms with van der Waals surface area (Å²) in [6, 6.07) is 7.83. The number of piperidine rings is 1. The molecule has 0 spiro atoms. The second-order valence-electron chi connectivity index (χ2n) is 8.00. The van der Waals surface area contributed by atoms with E-state index in [0.29, 0.717) is 24.5 Å². The average Bonchev–Trinajstić information content (AvgIpc) is 2.60. The number of amides is 1. The Morgan fingerprint density at radius 3 is 2.46 bits per heavy atom. The second-order valence-corrected chi connectivity index (χ2v) is 8.00. The maximum Gasteiger partial charge on any atom is 0.222 e. The van der Waals surface area contributed by atoms with Crippen LogP contribution in [0.15, 0.2) is 24.3 Å². The number of nitrogen functional groups attached to an aromatic ring is 1. The number of morpholine rings is 1. The van der Waals surface area contributed by atoms with Gasteiger partial charge in [-0.25, -0.2) is 0 Å². The highest BCUT2D eigenvalue weighted by Crippen LogP contribution is 2.22. The number of hydrogen-bond acceptors (Lipinski definition) is 4. The first-order chi connectivity index (χ1) is 12.5. The number of nitrogens with two attached hydrogens (primary N) is 1. The summed E-state index contributed by atoms with van der Waals surface area (Å²) >= 11 is 0. The van der Waals surface area contributed by atoms with Crippen molar-refractivity contribution in [3.63, 3.8) is 0 Å². The van der Waals surface area contributed by atoms with E-state index in [2.05, 4.69) is 18.7 Å². The highest BCUT2D eigenvalue weighted by molar-refractivity contribution is 5.76. The molecule has 1 amide bonds. The third-order valence-corrected chi connectivity index (χ3v) is 5.64. The summed E-state index contributed by atoms with van der Waals surface area (Å²) < 4.78 is 5.82. The van der Waals surface area contributed by atoms with E-state index >= 15 is 0 Å². The molecule has 2 aliphatic heterocycles. The number of para-hydroxylation sites is 1. The van der Waals surface area contributed by atoms with Gasteiger partial charge in [-0.1, -0.05) is 18.2 Å². The molecule has 144 valence electrons. The molecular formula is C21H33N3O2. The van der Waals surface area contributed by atoms with E-state index in [9.17, 15) is 4.79 Å². The van der Waals surface area contributed by atoms with Crippen LogP contribution in [0.1, 0.15) is 38.7 Å². The van der Waals surface area contributed by atoms with E-state index in [1.165, 1.54) is 0 Å². The lowest BCUT2D eigenvalue weighted by molar-refractivity contribution is -0.132. The summed E-state index contributed by atoms with van der Waals surface area (Å²) in [5.41, 5.74) is 7.83. The highest BCUT2D eigenvalue weighted by atomic mass is 16.5. The number of carbonyl (C=O) groups excluding carboxylic acids is 1. The number of carbonyl (C=O) groups is 1. The molecule has 2 aliphatic rings. The van der Waals surface area contributed by atoms with Crippen LogP contribution in [0.5, 0.6) is 0 Å². The summed E-state index contributed by atoms with van der Waals surface area (Å²) in [6.07, 6.45) is 4.15. The number of nitrogens with zero attached hydrogens (tertiary/aromatic N) is 2. The first-order valence-corrected chi connectivity index (χ1v) is 10.00. The van der Waals surface area contributed by atoms with Crippen molar-refractivity contribution in [3.8, 4) is 0 Å². The molecule has 3 rings (SSSR count). The summed E-state index contributed by atoms with van der Waals surface area (Å²) in [5.74, 6) is 0.960. The van der Waals surface area contributed by atoms with Gasteiger partial charge in [-0.15, -0.1) is 0 Å². The summed E-state index contributed by atoms with van der Waals surface area (Å²) in [7, 11) is 0. The van der Waals surface area contributed by atoms with Crippen molar-refractivity contribution in [2.75, 3.05) is 38.5 Å². The van der Waals surface area contributed by atoms with Crippen molar-refractivity contribution >= 4 is 11.6 Å². The first-order valence-electron chi connectivity index (χ1n) is 10.00. The lowest BCUT2D eigenvalue weighted by atomic mass is 9.95. The number of anilines is 1. The van der Waals surface area contributed by atoms with Crippen LogP contribution in [0.3, 0.4) is 0 Å². The normalized spacial score (nSPS) is 25.4. The Labute approximate surface area is 157 Å². The van der Waals surface area contributed by atoms with Crippen LogP contribution in [0, 0.1) is 5.92 Å². The third kappa shape index (κ3) is 5.21. The second kappa shape index (κ2) is 8.87. The minimum absolute atomic E-state index is 0.264. The molecule has 2 atom stereocenters. The van der Waals surface area contributed by atoms with Crippen molar-refractivity contribution in [2.45, 2.75) is 51.7 Å². The summed E-state index contributed by atoms with van der Waals surface area (Å²) in [5, 5.41) is 0. The number of likely N-dealkylation sites (tertiary alicyclic amines) is 1. The predicted molar refractivity (Wildman–Crippen MR) is 105 cm³/mol. The van der Waals surface area contributed by atoms with Crippen molar-refractivity contribution in [3.05, 3.63) is 29.8 Å². The van der Waals surface area contributed by atoms with Crippen LogP contribution < -0.4 is 5.73 Å². The standard InChI is InChI=1S/C21H33N3O2/c1-16-13-23(14-17(2)26-16)15-18-9-11-24(12-10-18)21(25)8-7-19-5-3-4-6-20(19)22/h3-6,16-18H,7-15,22H2,1-2H3. The van der Waals surface area contributed by atoms with Crippen LogP contribution in [-0.4, -0.2) is 60.6 Å². The molecule has 0 aromatic heterocycles. The molecule has 2 unspecified atom stereocenters. The van der Waals surface area contributed by atoms with Gasteiger partial charge in [0, 0.05) is 44.8 Å². The molecule has 2 N–H and O–H groups in total. The number of benzene rings is 1. The first kappa shape index (κ1) is 19.2. The summed E-state index contributed by atoms with van der Waals surface area (Å²) in [4.78, 5) is 17.1. The number of rotatable bonds is 5. The lowest BCUT2D eigenvalue weighted by Gasteiger charge is -2.39. The van der Waals surface area contributed by atoms with Crippen LogP contribution >= 0.6 is 0 Å². The molecule has 26 heavy (non-hydrogen) atoms. The zero-order chi connectivity index (χ0) is 18.5. The van der Waals surface area contributed by atoms with E-state index in [1.54, 1.807) is 0 Å². The SMILES string of the molecule is CC1CN(CC2CCN(C(=O)CCc3ccccc3N)CC2)CC(C)O1. The van der Waals surface area contributed by atoms with E-state index in [-0.39, 0.29) is 5.91 Å². The number of hydrogen-bond donors (Lipinski definition) is 1. The third-order valence-electron chi connectivity index (χ3n) is 5.64. The molecule has 0 saturated carbocycles. The zero-order valence-corrected chi connectivity index (χ0v) is 16.2. The highest BCUT2D eigenvalue weighted by Gasteiger charge is 2.27. The molecule has 0 aliphatic carbocycles. The van der Waals surface area contributed by atoms with Crippen molar-refractivity contribution in [1.29, 1.82) is 0 Å². The van der Waals surface area contributed by atoms with Gasteiger partial charge in [-0.2, -0.15) is 0 Å². The number of aryl methyl sites for hydroxylation is 1. The molecule has 5 heteroatoms. The fourth-order valence-corrected chi connectivity index (χ4v) is 4.33. The summed E-state index contributed by atoms with van der Waals surface area (Å²) in [6.45, 7) is 9.30. The van der Waals surface area contributed by atoms with Gasteiger partial charge in [0.2, 0.25) is 5.91 Å². The quantitative estimate of drug-likeness (QED) is 0.821. The average molecular weight is 360 g/mol.